The zero-order valence-electron chi connectivity index (χ0n) is 14.5. The van der Waals surface area contributed by atoms with E-state index in [1.165, 1.54) is 19.3 Å². The van der Waals surface area contributed by atoms with E-state index in [2.05, 4.69) is 19.7 Å². The smallest absolute Gasteiger partial charge is 0.333 e. The minimum Gasteiger partial charge on any atom is -0.459 e. The van der Waals surface area contributed by atoms with Crippen molar-refractivity contribution in [2.45, 2.75) is 59.0 Å². The van der Waals surface area contributed by atoms with Crippen molar-refractivity contribution in [1.29, 1.82) is 0 Å². The molecular formula is C18H34O4. The Labute approximate surface area is 136 Å². The van der Waals surface area contributed by atoms with Gasteiger partial charge >= 0.3 is 5.97 Å². The van der Waals surface area contributed by atoms with Gasteiger partial charge in [0.1, 0.15) is 6.10 Å². The predicted molar refractivity (Wildman–Crippen MR) is 93.7 cm³/mol. The molecule has 4 heteroatoms. The third kappa shape index (κ3) is 23.7. The molecule has 1 saturated carbocycles. The maximum atomic E-state index is 11.1. The first-order valence-corrected chi connectivity index (χ1v) is 7.67. The Bertz CT molecular complexity index is 271. The van der Waals surface area contributed by atoms with Crippen molar-refractivity contribution in [3.63, 3.8) is 0 Å². The second-order valence-corrected chi connectivity index (χ2v) is 4.71. The van der Waals surface area contributed by atoms with Crippen molar-refractivity contribution in [2.75, 3.05) is 13.2 Å². The fourth-order valence-corrected chi connectivity index (χ4v) is 1.43. The van der Waals surface area contributed by atoms with E-state index >= 15 is 0 Å². The SMILES string of the molecule is C=C(C)C(=O)OC1CCCCC1.C=CC.C=CC.OCCO. The number of allylic oxidation sites excluding steroid dienone is 2. The second kappa shape index (κ2) is 21.9. The Morgan fingerprint density at radius 3 is 1.73 bits per heavy atom. The lowest BCUT2D eigenvalue weighted by Gasteiger charge is -2.21. The molecule has 0 aromatic carbocycles. The summed E-state index contributed by atoms with van der Waals surface area (Å²) in [6, 6.07) is 0. The van der Waals surface area contributed by atoms with Gasteiger partial charge in [-0.1, -0.05) is 25.2 Å². The van der Waals surface area contributed by atoms with Crippen LogP contribution in [0.3, 0.4) is 0 Å². The highest BCUT2D eigenvalue weighted by Gasteiger charge is 2.17. The zero-order valence-corrected chi connectivity index (χ0v) is 14.5. The first-order valence-electron chi connectivity index (χ1n) is 7.67. The summed E-state index contributed by atoms with van der Waals surface area (Å²) in [4.78, 5) is 11.1. The molecule has 0 bridgehead atoms. The first-order chi connectivity index (χ1) is 10.4. The van der Waals surface area contributed by atoms with E-state index in [4.69, 9.17) is 14.9 Å². The quantitative estimate of drug-likeness (QED) is 0.472. The molecule has 0 aromatic heterocycles. The number of carbonyl (C=O) groups is 1. The average molecular weight is 314 g/mol. The van der Waals surface area contributed by atoms with Crippen molar-refractivity contribution >= 4 is 5.97 Å². The number of carbonyl (C=O) groups excluding carboxylic acids is 1. The molecule has 0 spiro atoms. The highest BCUT2D eigenvalue weighted by Crippen LogP contribution is 2.20. The van der Waals surface area contributed by atoms with Gasteiger partial charge in [0.25, 0.3) is 0 Å². The van der Waals surface area contributed by atoms with E-state index < -0.39 is 0 Å². The van der Waals surface area contributed by atoms with Crippen LogP contribution in [-0.2, 0) is 9.53 Å². The number of ether oxygens (including phenoxy) is 1. The van der Waals surface area contributed by atoms with Crippen LogP contribution in [0, 0.1) is 0 Å². The molecule has 1 rings (SSSR count). The number of aliphatic hydroxyl groups is 2. The van der Waals surface area contributed by atoms with E-state index in [1.807, 2.05) is 13.8 Å². The van der Waals surface area contributed by atoms with Gasteiger partial charge in [-0.3, -0.25) is 0 Å². The van der Waals surface area contributed by atoms with Gasteiger partial charge in [0.05, 0.1) is 13.2 Å². The summed E-state index contributed by atoms with van der Waals surface area (Å²) >= 11 is 0. The lowest BCUT2D eigenvalue weighted by Crippen LogP contribution is -2.20. The van der Waals surface area contributed by atoms with Gasteiger partial charge in [-0.2, -0.15) is 0 Å². The van der Waals surface area contributed by atoms with Crippen LogP contribution in [-0.4, -0.2) is 35.5 Å². The summed E-state index contributed by atoms with van der Waals surface area (Å²) in [6.07, 6.45) is 9.37. The molecule has 0 saturated heterocycles. The number of esters is 1. The van der Waals surface area contributed by atoms with Gasteiger partial charge in [0, 0.05) is 5.57 Å². The third-order valence-electron chi connectivity index (χ3n) is 2.27. The Balaban J connectivity index is -0.000000300. The minimum absolute atomic E-state index is 0.125. The van der Waals surface area contributed by atoms with Crippen molar-refractivity contribution in [3.8, 4) is 0 Å². The van der Waals surface area contributed by atoms with Crippen molar-refractivity contribution in [2.24, 2.45) is 0 Å². The van der Waals surface area contributed by atoms with Gasteiger partial charge in [-0.05, 0) is 46.5 Å². The van der Waals surface area contributed by atoms with Crippen LogP contribution in [0.1, 0.15) is 52.9 Å². The van der Waals surface area contributed by atoms with Crippen LogP contribution in [0.15, 0.2) is 37.5 Å². The Morgan fingerprint density at radius 2 is 1.45 bits per heavy atom. The molecule has 1 fully saturated rings. The maximum absolute atomic E-state index is 11.1. The standard InChI is InChI=1S/C10H16O2.2C3H6.C2H6O2/c1-8(2)10(11)12-9-6-4-3-5-7-9;2*1-3-2;3-1-2-4/h9H,1,3-7H2,2H3;2*3H,1H2,2H3;3-4H,1-2H2. The predicted octanol–water partition coefficient (Wildman–Crippen LogP) is 3.79. The van der Waals surface area contributed by atoms with E-state index in [1.54, 1.807) is 19.1 Å². The van der Waals surface area contributed by atoms with Crippen LogP contribution >= 0.6 is 0 Å². The van der Waals surface area contributed by atoms with Crippen molar-refractivity contribution in [3.05, 3.63) is 37.5 Å². The average Bonchev–Trinajstić information content (AvgIpc) is 2.50. The fraction of sp³-hybridized carbons (Fsp3) is 0.611. The van der Waals surface area contributed by atoms with Crippen LogP contribution in [0.2, 0.25) is 0 Å². The van der Waals surface area contributed by atoms with Crippen LogP contribution in [0.5, 0.6) is 0 Å². The Morgan fingerprint density at radius 1 is 1.09 bits per heavy atom. The molecule has 0 amide bonds. The summed E-state index contributed by atoms with van der Waals surface area (Å²) in [5.74, 6) is -0.234. The number of aliphatic hydroxyl groups excluding tert-OH is 2. The maximum Gasteiger partial charge on any atom is 0.333 e. The molecule has 0 atom stereocenters. The largest absolute Gasteiger partial charge is 0.459 e. The first kappa shape index (κ1) is 25.6. The van der Waals surface area contributed by atoms with Crippen molar-refractivity contribution < 1.29 is 19.7 Å². The van der Waals surface area contributed by atoms with E-state index in [9.17, 15) is 4.79 Å². The highest BCUT2D eigenvalue weighted by molar-refractivity contribution is 5.87. The second-order valence-electron chi connectivity index (χ2n) is 4.71. The summed E-state index contributed by atoms with van der Waals surface area (Å²) in [6.45, 7) is 15.5. The molecule has 130 valence electrons. The molecular weight excluding hydrogens is 280 g/mol. The normalized spacial score (nSPS) is 12.8. The molecule has 0 aromatic rings. The fourth-order valence-electron chi connectivity index (χ4n) is 1.43. The zero-order chi connectivity index (χ0) is 17.8. The van der Waals surface area contributed by atoms with E-state index in [0.29, 0.717) is 5.57 Å². The molecule has 22 heavy (non-hydrogen) atoms. The summed E-state index contributed by atoms with van der Waals surface area (Å²) < 4.78 is 5.21. The lowest BCUT2D eigenvalue weighted by molar-refractivity contribution is -0.145. The topological polar surface area (TPSA) is 66.8 Å². The molecule has 4 nitrogen and oxygen atoms in total. The van der Waals surface area contributed by atoms with Gasteiger partial charge in [-0.15, -0.1) is 13.2 Å². The summed E-state index contributed by atoms with van der Waals surface area (Å²) in [7, 11) is 0. The van der Waals surface area contributed by atoms with Gasteiger partial charge in [-0.25, -0.2) is 4.79 Å². The number of hydrogen-bond acceptors (Lipinski definition) is 4. The number of rotatable bonds is 3. The van der Waals surface area contributed by atoms with Gasteiger partial charge in [0.2, 0.25) is 0 Å². The Hall–Kier alpha value is -1.39. The lowest BCUT2D eigenvalue weighted by atomic mass is 9.98. The van der Waals surface area contributed by atoms with Crippen LogP contribution < -0.4 is 0 Å². The summed E-state index contributed by atoms with van der Waals surface area (Å²) in [5, 5.41) is 15.2. The molecule has 0 heterocycles. The molecule has 0 unspecified atom stereocenters. The van der Waals surface area contributed by atoms with Crippen LogP contribution in [0.25, 0.3) is 0 Å². The van der Waals surface area contributed by atoms with E-state index in [-0.39, 0.29) is 25.3 Å². The van der Waals surface area contributed by atoms with Crippen LogP contribution in [0.4, 0.5) is 0 Å². The highest BCUT2D eigenvalue weighted by atomic mass is 16.5. The minimum atomic E-state index is -0.234. The van der Waals surface area contributed by atoms with Crippen molar-refractivity contribution in [1.82, 2.24) is 0 Å². The molecule has 0 aliphatic heterocycles. The number of hydrogen-bond donors (Lipinski definition) is 2. The van der Waals surface area contributed by atoms with Gasteiger partial charge in [0.15, 0.2) is 0 Å². The molecule has 0 radical (unpaired) electrons. The molecule has 1 aliphatic rings. The third-order valence-corrected chi connectivity index (χ3v) is 2.27. The summed E-state index contributed by atoms with van der Waals surface area (Å²) in [5.41, 5.74) is 0.501. The monoisotopic (exact) mass is 314 g/mol. The Kier molecular flexibility index (Phi) is 25.4. The van der Waals surface area contributed by atoms with E-state index in [0.717, 1.165) is 12.8 Å². The molecule has 1 aliphatic carbocycles. The molecule has 2 N–H and O–H groups in total. The van der Waals surface area contributed by atoms with Gasteiger partial charge < -0.3 is 14.9 Å².